The van der Waals surface area contributed by atoms with E-state index in [0.29, 0.717) is 0 Å². The molecule has 6 aliphatic rings. The number of unbranched alkanes of at least 4 members (excludes halogenated alkanes) is 3. The molecule has 0 N–H and O–H groups in total. The van der Waals surface area contributed by atoms with Gasteiger partial charge in [0.1, 0.15) is 0 Å². The highest BCUT2D eigenvalue weighted by atomic mass is 35.5. The van der Waals surface area contributed by atoms with E-state index >= 15 is 0 Å². The van der Waals surface area contributed by atoms with E-state index in [-0.39, 0.29) is 24.8 Å². The highest BCUT2D eigenvalue weighted by Gasteiger charge is 2.46. The molecule has 0 spiro atoms. The number of nitrogens with zero attached hydrogens (tertiary/aromatic N) is 2. The summed E-state index contributed by atoms with van der Waals surface area (Å²) in [4.78, 5) is 0. The van der Waals surface area contributed by atoms with Gasteiger partial charge in [-0.1, -0.05) is 60.7 Å². The molecule has 6 saturated heterocycles. The first-order valence-corrected chi connectivity index (χ1v) is 15.5. The van der Waals surface area contributed by atoms with E-state index < -0.39 is 0 Å². The van der Waals surface area contributed by atoms with E-state index in [1.807, 2.05) is 0 Å². The molecule has 0 aliphatic carbocycles. The normalized spacial score (nSPS) is 33.4. The van der Waals surface area contributed by atoms with Crippen molar-refractivity contribution in [2.45, 2.75) is 64.2 Å². The monoisotopic (exact) mass is 556 g/mol. The van der Waals surface area contributed by atoms with Crippen molar-refractivity contribution in [3.05, 3.63) is 71.8 Å². The SMILES string of the molecule is [Cl-].[Cl-].c1ccc(CC2C[N+]3(CCCCCC[N+]45CCC(CC4)C(Cc4ccccc4)C5)CCC2CC3)cc1. The van der Waals surface area contributed by atoms with Gasteiger partial charge in [0, 0.05) is 37.5 Å². The van der Waals surface area contributed by atoms with Crippen LogP contribution in [-0.2, 0) is 12.8 Å². The number of halogens is 2. The number of hydrogen-bond donors (Lipinski definition) is 0. The smallest absolute Gasteiger partial charge is 0.0821 e. The van der Waals surface area contributed by atoms with Crippen molar-refractivity contribution in [3.63, 3.8) is 0 Å². The van der Waals surface area contributed by atoms with E-state index in [4.69, 9.17) is 0 Å². The highest BCUT2D eigenvalue weighted by Crippen LogP contribution is 2.41. The van der Waals surface area contributed by atoms with Crippen LogP contribution in [-0.4, -0.2) is 61.3 Å². The van der Waals surface area contributed by atoms with Crippen LogP contribution in [0.1, 0.15) is 62.5 Å². The Morgan fingerprint density at radius 2 is 0.868 bits per heavy atom. The molecule has 0 radical (unpaired) electrons. The van der Waals surface area contributed by atoms with Gasteiger partial charge in [-0.25, -0.2) is 0 Å². The van der Waals surface area contributed by atoms with Crippen LogP contribution in [0, 0.1) is 23.7 Å². The summed E-state index contributed by atoms with van der Waals surface area (Å²) in [6.07, 6.45) is 14.4. The molecule has 0 amide bonds. The second kappa shape index (κ2) is 13.5. The van der Waals surface area contributed by atoms with Gasteiger partial charge in [-0.15, -0.1) is 0 Å². The van der Waals surface area contributed by atoms with Gasteiger partial charge >= 0.3 is 0 Å². The molecular formula is C34H50Cl2N2. The Balaban J connectivity index is 0.00000168. The number of rotatable bonds is 11. The first kappa shape index (κ1) is 29.9. The van der Waals surface area contributed by atoms with Crippen LogP contribution >= 0.6 is 0 Å². The first-order chi connectivity index (χ1) is 17.7. The molecular weight excluding hydrogens is 507 g/mol. The minimum Gasteiger partial charge on any atom is -1.00 e. The van der Waals surface area contributed by atoms with Crippen molar-refractivity contribution in [1.82, 2.24) is 0 Å². The zero-order valence-corrected chi connectivity index (χ0v) is 25.0. The van der Waals surface area contributed by atoms with Crippen LogP contribution in [0.3, 0.4) is 0 Å². The molecule has 0 aromatic heterocycles. The summed E-state index contributed by atoms with van der Waals surface area (Å²) < 4.78 is 2.91. The van der Waals surface area contributed by atoms with Crippen LogP contribution in [0.4, 0.5) is 0 Å². The van der Waals surface area contributed by atoms with Gasteiger partial charge in [0.05, 0.1) is 52.4 Å². The summed E-state index contributed by atoms with van der Waals surface area (Å²) in [5.74, 6) is 3.85. The first-order valence-electron chi connectivity index (χ1n) is 15.5. The zero-order valence-electron chi connectivity index (χ0n) is 23.5. The minimum atomic E-state index is 0. The van der Waals surface area contributed by atoms with Crippen molar-refractivity contribution in [2.75, 3.05) is 52.4 Å². The summed E-state index contributed by atoms with van der Waals surface area (Å²) in [6, 6.07) is 22.6. The second-order valence-corrected chi connectivity index (χ2v) is 13.4. The van der Waals surface area contributed by atoms with E-state index in [9.17, 15) is 0 Å². The number of piperidine rings is 6. The molecule has 4 bridgehead atoms. The van der Waals surface area contributed by atoms with Crippen LogP contribution in [0.2, 0.25) is 0 Å². The lowest BCUT2D eigenvalue weighted by Gasteiger charge is -2.53. The molecule has 2 aromatic rings. The average molecular weight is 558 g/mol. The summed E-state index contributed by atoms with van der Waals surface area (Å²) in [5.41, 5.74) is 3.13. The van der Waals surface area contributed by atoms with Gasteiger partial charge in [-0.05, 0) is 61.5 Å². The molecule has 210 valence electrons. The van der Waals surface area contributed by atoms with E-state index in [1.54, 1.807) is 11.1 Å². The Kier molecular flexibility index (Phi) is 10.7. The maximum atomic E-state index is 2.35. The molecule has 2 atom stereocenters. The van der Waals surface area contributed by atoms with Gasteiger partial charge in [0.2, 0.25) is 0 Å². The van der Waals surface area contributed by atoms with Gasteiger partial charge in [-0.3, -0.25) is 0 Å². The van der Waals surface area contributed by atoms with Crippen LogP contribution < -0.4 is 24.8 Å². The number of benzene rings is 2. The lowest BCUT2D eigenvalue weighted by atomic mass is 9.74. The highest BCUT2D eigenvalue weighted by molar-refractivity contribution is 5.16. The van der Waals surface area contributed by atoms with E-state index in [2.05, 4.69) is 60.7 Å². The standard InChI is InChI=1S/C34H50N2.2ClH/c1(9-19-35-21-15-31(16-22-35)33(27-35)25-29-11-5-3-6-12-29)2-10-20-36-23-17-32(18-24-36)34(28-36)26-30-13-7-4-8-14-30;;/h3-8,11-14,31-34H,1-2,9-10,15-28H2;2*1H/q+2;;/p-2. The van der Waals surface area contributed by atoms with Crippen molar-refractivity contribution in [3.8, 4) is 0 Å². The fraction of sp³-hybridized carbons (Fsp3) is 0.647. The lowest BCUT2D eigenvalue weighted by Crippen LogP contribution is -3.00. The van der Waals surface area contributed by atoms with Gasteiger partial charge in [-0.2, -0.15) is 0 Å². The molecule has 6 heterocycles. The van der Waals surface area contributed by atoms with Crippen molar-refractivity contribution < 1.29 is 33.8 Å². The third kappa shape index (κ3) is 6.98. The third-order valence-electron chi connectivity index (χ3n) is 11.2. The largest absolute Gasteiger partial charge is 1.00 e. The molecule has 6 aliphatic heterocycles. The Morgan fingerprint density at radius 1 is 0.500 bits per heavy atom. The number of quaternary nitrogens is 2. The fourth-order valence-electron chi connectivity index (χ4n) is 9.05. The maximum absolute atomic E-state index is 2.35. The topological polar surface area (TPSA) is 0 Å². The number of hydrogen-bond acceptors (Lipinski definition) is 0. The predicted octanol–water partition coefficient (Wildman–Crippen LogP) is 0.753. The van der Waals surface area contributed by atoms with Crippen LogP contribution in [0.5, 0.6) is 0 Å². The Hall–Kier alpha value is -1.06. The summed E-state index contributed by atoms with van der Waals surface area (Å²) in [5, 5.41) is 0. The molecule has 2 aromatic carbocycles. The maximum Gasteiger partial charge on any atom is 0.0821 e. The summed E-state index contributed by atoms with van der Waals surface area (Å²) >= 11 is 0. The van der Waals surface area contributed by atoms with E-state index in [1.165, 1.54) is 126 Å². The van der Waals surface area contributed by atoms with Crippen LogP contribution in [0.15, 0.2) is 60.7 Å². The average Bonchev–Trinajstić information content (AvgIpc) is 2.93. The van der Waals surface area contributed by atoms with Gasteiger partial charge in [0.15, 0.2) is 0 Å². The minimum absolute atomic E-state index is 0. The second-order valence-electron chi connectivity index (χ2n) is 13.4. The van der Waals surface area contributed by atoms with Gasteiger partial charge < -0.3 is 33.8 Å². The van der Waals surface area contributed by atoms with Crippen molar-refractivity contribution in [2.24, 2.45) is 23.7 Å². The Morgan fingerprint density at radius 3 is 1.24 bits per heavy atom. The molecule has 6 fully saturated rings. The molecule has 8 rings (SSSR count). The molecule has 2 unspecified atom stereocenters. The Bertz CT molecular complexity index is 869. The number of fused-ring (bicyclic) bond motifs is 6. The van der Waals surface area contributed by atoms with Crippen LogP contribution in [0.25, 0.3) is 0 Å². The molecule has 2 nitrogen and oxygen atoms in total. The molecule has 0 saturated carbocycles. The fourth-order valence-corrected chi connectivity index (χ4v) is 9.05. The van der Waals surface area contributed by atoms with Crippen molar-refractivity contribution >= 4 is 0 Å². The van der Waals surface area contributed by atoms with E-state index in [0.717, 1.165) is 23.7 Å². The van der Waals surface area contributed by atoms with Crippen molar-refractivity contribution in [1.29, 1.82) is 0 Å². The third-order valence-corrected chi connectivity index (χ3v) is 11.2. The molecule has 38 heavy (non-hydrogen) atoms. The quantitative estimate of drug-likeness (QED) is 0.283. The van der Waals surface area contributed by atoms with Gasteiger partial charge in [0.25, 0.3) is 0 Å². The predicted molar refractivity (Wildman–Crippen MR) is 151 cm³/mol. The lowest BCUT2D eigenvalue weighted by molar-refractivity contribution is -0.947. The Labute approximate surface area is 245 Å². The zero-order chi connectivity index (χ0) is 24.3. The summed E-state index contributed by atoms with van der Waals surface area (Å²) in [7, 11) is 0. The summed E-state index contributed by atoms with van der Waals surface area (Å²) in [6.45, 7) is 11.7. The molecule has 4 heteroatoms.